The summed E-state index contributed by atoms with van der Waals surface area (Å²) in [6.45, 7) is 7.95. The minimum Gasteiger partial charge on any atom is -0.497 e. The highest BCUT2D eigenvalue weighted by molar-refractivity contribution is 7.09. The number of methoxy groups -OCH3 is 1. The largest absolute Gasteiger partial charge is 0.497 e. The van der Waals surface area contributed by atoms with Gasteiger partial charge in [-0.3, -0.25) is 0 Å². The number of nitrogens with one attached hydrogen (secondary N) is 1. The fourth-order valence-corrected chi connectivity index (χ4v) is 3.09. The molecule has 1 aromatic heterocycles. The van der Waals surface area contributed by atoms with Crippen LogP contribution in [0.1, 0.15) is 10.6 Å². The second kappa shape index (κ2) is 15.7. The number of piperazine rings is 1. The quantitative estimate of drug-likeness (QED) is 0.802. The highest BCUT2D eigenvalue weighted by Crippen LogP contribution is 2.13. The molecule has 1 aromatic carbocycles. The van der Waals surface area contributed by atoms with Gasteiger partial charge in [0.15, 0.2) is 0 Å². The van der Waals surface area contributed by atoms with Gasteiger partial charge in [-0.2, -0.15) is 0 Å². The third kappa shape index (κ3) is 10.2. The number of rotatable bonds is 4. The molecule has 0 atom stereocenters. The predicted molar refractivity (Wildman–Crippen MR) is 115 cm³/mol. The van der Waals surface area contributed by atoms with E-state index in [0.717, 1.165) is 25.3 Å². The molecule has 144 valence electrons. The van der Waals surface area contributed by atoms with E-state index >= 15 is 0 Å². The zero-order chi connectivity index (χ0) is 15.6. The fourth-order valence-electron chi connectivity index (χ4n) is 2.32. The van der Waals surface area contributed by atoms with Crippen molar-refractivity contribution in [3.8, 4) is 5.75 Å². The van der Waals surface area contributed by atoms with Crippen molar-refractivity contribution < 1.29 is 4.74 Å². The average Bonchev–Trinajstić information content (AvgIpc) is 3.00. The van der Waals surface area contributed by atoms with Gasteiger partial charge in [0, 0.05) is 37.6 Å². The van der Waals surface area contributed by atoms with Gasteiger partial charge in [0.2, 0.25) is 0 Å². The first-order valence-electron chi connectivity index (χ1n) is 7.70. The van der Waals surface area contributed by atoms with Gasteiger partial charge < -0.3 is 15.0 Å². The second-order valence-corrected chi connectivity index (χ2v) is 6.16. The number of thiazole rings is 1. The van der Waals surface area contributed by atoms with Crippen molar-refractivity contribution in [1.82, 2.24) is 15.2 Å². The minimum atomic E-state index is 0. The Morgan fingerprint density at radius 2 is 1.76 bits per heavy atom. The number of aromatic nitrogens is 1. The number of hydrogen-bond acceptors (Lipinski definition) is 5. The third-order valence-corrected chi connectivity index (χ3v) is 4.68. The molecule has 25 heavy (non-hydrogen) atoms. The summed E-state index contributed by atoms with van der Waals surface area (Å²) in [4.78, 5) is 8.24. The van der Waals surface area contributed by atoms with E-state index in [1.165, 1.54) is 30.2 Å². The van der Waals surface area contributed by atoms with Crippen LogP contribution in [0.15, 0.2) is 35.8 Å². The summed E-state index contributed by atoms with van der Waals surface area (Å²) >= 11 is 1.78. The van der Waals surface area contributed by atoms with E-state index in [9.17, 15) is 0 Å². The summed E-state index contributed by atoms with van der Waals surface area (Å²) < 4.78 is 4.91. The molecule has 1 aliphatic rings. The van der Waals surface area contributed by atoms with E-state index in [2.05, 4.69) is 22.1 Å². The van der Waals surface area contributed by atoms with Crippen molar-refractivity contribution in [1.29, 1.82) is 0 Å². The topological polar surface area (TPSA) is 37.4 Å². The van der Waals surface area contributed by atoms with E-state index in [0.29, 0.717) is 0 Å². The van der Waals surface area contributed by atoms with Crippen molar-refractivity contribution in [2.45, 2.75) is 13.3 Å². The van der Waals surface area contributed by atoms with Gasteiger partial charge in [0.05, 0.1) is 18.3 Å². The monoisotopic (exact) mass is 427 g/mol. The summed E-state index contributed by atoms with van der Waals surface area (Å²) in [5.74, 6) is 0.910. The Labute approximate surface area is 173 Å². The van der Waals surface area contributed by atoms with E-state index in [1.54, 1.807) is 18.4 Å². The molecule has 1 fully saturated rings. The highest BCUT2D eigenvalue weighted by atomic mass is 35.5. The van der Waals surface area contributed by atoms with Crippen LogP contribution < -0.4 is 10.1 Å². The number of ether oxygens (including phenoxy) is 1. The summed E-state index contributed by atoms with van der Waals surface area (Å²) in [6, 6.07) is 9.68. The molecule has 2 heterocycles. The lowest BCUT2D eigenvalue weighted by atomic mass is 10.2. The van der Waals surface area contributed by atoms with Crippen molar-refractivity contribution >= 4 is 48.6 Å². The number of nitrogens with zero attached hydrogens (tertiary/aromatic N) is 2. The first-order chi connectivity index (χ1) is 10.8. The zero-order valence-corrected chi connectivity index (χ0v) is 17.9. The van der Waals surface area contributed by atoms with Crippen LogP contribution in [0.3, 0.4) is 0 Å². The average molecular weight is 429 g/mol. The number of benzene rings is 1. The molecule has 4 nitrogen and oxygen atoms in total. The van der Waals surface area contributed by atoms with Crippen LogP contribution >= 0.6 is 48.6 Å². The molecular weight excluding hydrogens is 401 g/mol. The number of aryl methyl sites for hydroxylation is 1. The smallest absolute Gasteiger partial charge is 0.118 e. The van der Waals surface area contributed by atoms with Crippen LogP contribution in [0.5, 0.6) is 5.75 Å². The van der Waals surface area contributed by atoms with Crippen molar-refractivity contribution in [3.63, 3.8) is 0 Å². The summed E-state index contributed by atoms with van der Waals surface area (Å²) in [5, 5.41) is 3.37. The molecule has 1 aliphatic heterocycles. The third-order valence-electron chi connectivity index (χ3n) is 3.69. The van der Waals surface area contributed by atoms with Crippen molar-refractivity contribution in [2.24, 2.45) is 0 Å². The lowest BCUT2D eigenvalue weighted by molar-refractivity contribution is 0.244. The normalized spacial score (nSPS) is 13.2. The van der Waals surface area contributed by atoms with Gasteiger partial charge in [0.25, 0.3) is 0 Å². The van der Waals surface area contributed by atoms with Crippen LogP contribution in [0, 0.1) is 6.92 Å². The molecule has 0 unspecified atom stereocenters. The summed E-state index contributed by atoms with van der Waals surface area (Å²) in [6.07, 6.45) is 1.16. The first kappa shape index (κ1) is 26.7. The lowest BCUT2D eigenvalue weighted by Crippen LogP contribution is -2.44. The molecule has 1 saturated heterocycles. The van der Waals surface area contributed by atoms with Gasteiger partial charge in [-0.05, 0) is 25.5 Å². The van der Waals surface area contributed by atoms with E-state index in [4.69, 9.17) is 4.74 Å². The molecule has 2 aromatic rings. The van der Waals surface area contributed by atoms with Gasteiger partial charge >= 0.3 is 0 Å². The molecule has 0 aliphatic carbocycles. The van der Waals surface area contributed by atoms with Crippen LogP contribution in [-0.4, -0.2) is 49.7 Å². The Kier molecular flexibility index (Phi) is 16.7. The Bertz CT molecular complexity index is 537. The van der Waals surface area contributed by atoms with Crippen LogP contribution in [0.2, 0.25) is 0 Å². The lowest BCUT2D eigenvalue weighted by Gasteiger charge is -2.26. The maximum atomic E-state index is 4.91. The fraction of sp³-hybridized carbons (Fsp3) is 0.471. The van der Waals surface area contributed by atoms with Crippen LogP contribution in [0.4, 0.5) is 0 Å². The van der Waals surface area contributed by atoms with Gasteiger partial charge in [-0.1, -0.05) is 18.2 Å². The van der Waals surface area contributed by atoms with Crippen LogP contribution in [0.25, 0.3) is 0 Å². The van der Waals surface area contributed by atoms with Crippen molar-refractivity contribution in [2.75, 3.05) is 39.8 Å². The van der Waals surface area contributed by atoms with E-state index < -0.39 is 0 Å². The van der Waals surface area contributed by atoms with Gasteiger partial charge in [0.1, 0.15) is 5.75 Å². The number of hydrogen-bond donors (Lipinski definition) is 1. The standard InChI is InChI=1S/C10H17N3S.C7H8O.3ClH/c1-9-10(14-8-12-9)2-5-13-6-3-11-4-7-13;1-8-7-5-3-2-4-6-7;;;/h8,11H,2-7H2,1H3;2-6H,1H3;3*1H. The molecule has 8 heteroatoms. The van der Waals surface area contributed by atoms with E-state index in [1.807, 2.05) is 35.8 Å². The Morgan fingerprint density at radius 3 is 2.24 bits per heavy atom. The predicted octanol–water partition coefficient (Wildman–Crippen LogP) is 3.86. The maximum Gasteiger partial charge on any atom is 0.118 e. The van der Waals surface area contributed by atoms with Crippen LogP contribution in [-0.2, 0) is 6.42 Å². The molecule has 0 saturated carbocycles. The molecule has 0 spiro atoms. The molecule has 0 bridgehead atoms. The maximum absolute atomic E-state index is 4.91. The summed E-state index contributed by atoms with van der Waals surface area (Å²) in [7, 11) is 1.66. The number of halogens is 3. The van der Waals surface area contributed by atoms with E-state index in [-0.39, 0.29) is 37.2 Å². The Morgan fingerprint density at radius 1 is 1.12 bits per heavy atom. The second-order valence-electron chi connectivity index (χ2n) is 5.22. The minimum absolute atomic E-state index is 0. The zero-order valence-electron chi connectivity index (χ0n) is 14.6. The Hall–Kier alpha value is -0.560. The highest BCUT2D eigenvalue weighted by Gasteiger charge is 2.10. The molecule has 0 radical (unpaired) electrons. The molecule has 0 amide bonds. The SMILES string of the molecule is COc1ccccc1.Cc1ncsc1CCN1CCNCC1.Cl.Cl.Cl. The summed E-state index contributed by atoms with van der Waals surface area (Å²) in [5.41, 5.74) is 3.16. The van der Waals surface area contributed by atoms with Gasteiger partial charge in [-0.25, -0.2) is 4.98 Å². The first-order valence-corrected chi connectivity index (χ1v) is 8.58. The molecule has 1 N–H and O–H groups in total. The molecular formula is C17H28Cl3N3OS. The molecule has 3 rings (SSSR count). The van der Waals surface area contributed by atoms with Crippen molar-refractivity contribution in [3.05, 3.63) is 46.4 Å². The number of para-hydroxylation sites is 1. The Balaban J connectivity index is 0. The van der Waals surface area contributed by atoms with Gasteiger partial charge in [-0.15, -0.1) is 48.6 Å².